The van der Waals surface area contributed by atoms with Gasteiger partial charge in [-0.25, -0.2) is 4.98 Å². The van der Waals surface area contributed by atoms with E-state index in [2.05, 4.69) is 4.98 Å². The highest BCUT2D eigenvalue weighted by Gasteiger charge is 2.33. The number of nitrogens with zero attached hydrogens (tertiary/aromatic N) is 3. The summed E-state index contributed by atoms with van der Waals surface area (Å²) >= 11 is 0. The molecule has 5 nitrogen and oxygen atoms in total. The molecular formula is C19H23N3O2. The first-order valence-corrected chi connectivity index (χ1v) is 8.16. The fourth-order valence-corrected chi connectivity index (χ4v) is 2.62. The van der Waals surface area contributed by atoms with E-state index in [0.29, 0.717) is 18.2 Å². The van der Waals surface area contributed by atoms with Crippen molar-refractivity contribution in [2.24, 2.45) is 0 Å². The Bertz CT molecular complexity index is 692. The van der Waals surface area contributed by atoms with Crippen molar-refractivity contribution in [3.8, 4) is 5.75 Å². The van der Waals surface area contributed by atoms with Gasteiger partial charge in [0, 0.05) is 32.9 Å². The van der Waals surface area contributed by atoms with Crippen LogP contribution < -0.4 is 9.64 Å². The van der Waals surface area contributed by atoms with Crippen LogP contribution in [-0.2, 0) is 6.54 Å². The van der Waals surface area contributed by atoms with Crippen molar-refractivity contribution in [3.63, 3.8) is 0 Å². The molecule has 1 saturated carbocycles. The van der Waals surface area contributed by atoms with Crippen molar-refractivity contribution in [1.29, 1.82) is 0 Å². The van der Waals surface area contributed by atoms with Crippen molar-refractivity contribution >= 4 is 11.7 Å². The summed E-state index contributed by atoms with van der Waals surface area (Å²) in [5.41, 5.74) is 1.75. The Morgan fingerprint density at radius 3 is 2.38 bits per heavy atom. The van der Waals surface area contributed by atoms with E-state index in [-0.39, 0.29) is 5.91 Å². The van der Waals surface area contributed by atoms with Gasteiger partial charge in [-0.1, -0.05) is 12.1 Å². The first-order valence-electron chi connectivity index (χ1n) is 8.16. The number of methoxy groups -OCH3 is 1. The minimum atomic E-state index is 0.0473. The molecular weight excluding hydrogens is 302 g/mol. The van der Waals surface area contributed by atoms with Crippen LogP contribution in [0.2, 0.25) is 0 Å². The Balaban J connectivity index is 1.75. The molecule has 0 spiro atoms. The van der Waals surface area contributed by atoms with E-state index in [4.69, 9.17) is 4.74 Å². The van der Waals surface area contributed by atoms with Crippen LogP contribution in [0, 0.1) is 0 Å². The zero-order valence-electron chi connectivity index (χ0n) is 14.4. The van der Waals surface area contributed by atoms with Gasteiger partial charge in [0.2, 0.25) is 0 Å². The predicted octanol–water partition coefficient (Wildman–Crippen LogP) is 2.96. The lowest BCUT2D eigenvalue weighted by Gasteiger charge is -2.23. The van der Waals surface area contributed by atoms with Gasteiger partial charge in [0.25, 0.3) is 5.91 Å². The monoisotopic (exact) mass is 325 g/mol. The van der Waals surface area contributed by atoms with Crippen LogP contribution in [0.1, 0.15) is 28.8 Å². The normalized spacial score (nSPS) is 13.5. The van der Waals surface area contributed by atoms with E-state index in [0.717, 1.165) is 30.0 Å². The maximum atomic E-state index is 12.9. The van der Waals surface area contributed by atoms with E-state index in [1.54, 1.807) is 13.3 Å². The number of anilines is 1. The van der Waals surface area contributed by atoms with E-state index >= 15 is 0 Å². The lowest BCUT2D eigenvalue weighted by Crippen LogP contribution is -2.32. The number of aromatic nitrogens is 1. The molecule has 0 unspecified atom stereocenters. The van der Waals surface area contributed by atoms with Gasteiger partial charge in [-0.3, -0.25) is 4.79 Å². The third-order valence-corrected chi connectivity index (χ3v) is 4.21. The molecule has 3 rings (SSSR count). The third-order valence-electron chi connectivity index (χ3n) is 4.21. The fraction of sp³-hybridized carbons (Fsp3) is 0.368. The van der Waals surface area contributed by atoms with Gasteiger partial charge < -0.3 is 14.5 Å². The Hall–Kier alpha value is -2.56. The first kappa shape index (κ1) is 16.3. The molecule has 0 radical (unpaired) electrons. The lowest BCUT2D eigenvalue weighted by atomic mass is 10.1. The Labute approximate surface area is 142 Å². The summed E-state index contributed by atoms with van der Waals surface area (Å²) in [6, 6.07) is 12.0. The van der Waals surface area contributed by atoms with Gasteiger partial charge in [0.05, 0.1) is 12.7 Å². The molecule has 1 aromatic carbocycles. The van der Waals surface area contributed by atoms with Gasteiger partial charge in [-0.2, -0.15) is 0 Å². The Morgan fingerprint density at radius 2 is 1.88 bits per heavy atom. The number of carbonyl (C=O) groups excluding carboxylic acids is 1. The van der Waals surface area contributed by atoms with Crippen LogP contribution in [0.25, 0.3) is 0 Å². The minimum absolute atomic E-state index is 0.0473. The van der Waals surface area contributed by atoms with E-state index in [1.807, 2.05) is 60.3 Å². The third kappa shape index (κ3) is 3.67. The van der Waals surface area contributed by atoms with Crippen LogP contribution in [0.4, 0.5) is 5.82 Å². The highest BCUT2D eigenvalue weighted by atomic mass is 16.5. The lowest BCUT2D eigenvalue weighted by molar-refractivity contribution is 0.0729. The quantitative estimate of drug-likeness (QED) is 0.819. The van der Waals surface area contributed by atoms with Crippen LogP contribution in [-0.4, -0.2) is 43.0 Å². The van der Waals surface area contributed by atoms with Crippen LogP contribution in [0.3, 0.4) is 0 Å². The highest BCUT2D eigenvalue weighted by Crippen LogP contribution is 2.30. The second kappa shape index (κ2) is 6.91. The van der Waals surface area contributed by atoms with E-state index in [1.165, 1.54) is 0 Å². The maximum Gasteiger partial charge on any atom is 0.255 e. The zero-order chi connectivity index (χ0) is 17.1. The van der Waals surface area contributed by atoms with Crippen molar-refractivity contribution in [2.45, 2.75) is 25.4 Å². The number of hydrogen-bond donors (Lipinski definition) is 0. The summed E-state index contributed by atoms with van der Waals surface area (Å²) in [6.45, 7) is 0.614. The second-order valence-electron chi connectivity index (χ2n) is 6.31. The molecule has 1 heterocycles. The van der Waals surface area contributed by atoms with E-state index in [9.17, 15) is 4.79 Å². The van der Waals surface area contributed by atoms with Crippen molar-refractivity contribution in [1.82, 2.24) is 9.88 Å². The number of ether oxygens (including phenoxy) is 1. The molecule has 0 aliphatic heterocycles. The average molecular weight is 325 g/mol. The Kier molecular flexibility index (Phi) is 4.69. The van der Waals surface area contributed by atoms with Gasteiger partial charge in [-0.05, 0) is 42.7 Å². The SMILES string of the molecule is COc1ccc(CN(C(=O)c2ccc(N(C)C)nc2)C2CC2)cc1. The number of carbonyl (C=O) groups is 1. The average Bonchev–Trinajstić information content (AvgIpc) is 3.44. The van der Waals surface area contributed by atoms with Crippen molar-refractivity contribution in [3.05, 3.63) is 53.7 Å². The zero-order valence-corrected chi connectivity index (χ0v) is 14.4. The Morgan fingerprint density at radius 1 is 1.17 bits per heavy atom. The molecule has 1 aliphatic carbocycles. The standard InChI is InChI=1S/C19H23N3O2/c1-21(2)18-11-6-15(12-20-18)19(23)22(16-7-8-16)13-14-4-9-17(24-3)10-5-14/h4-6,9-12,16H,7-8,13H2,1-3H3. The topological polar surface area (TPSA) is 45.7 Å². The largest absolute Gasteiger partial charge is 0.497 e. The summed E-state index contributed by atoms with van der Waals surface area (Å²) in [5.74, 6) is 1.72. The van der Waals surface area contributed by atoms with Gasteiger partial charge in [-0.15, -0.1) is 0 Å². The molecule has 1 fully saturated rings. The molecule has 1 amide bonds. The predicted molar refractivity (Wildman–Crippen MR) is 94.5 cm³/mol. The molecule has 0 bridgehead atoms. The summed E-state index contributed by atoms with van der Waals surface area (Å²) < 4.78 is 5.19. The number of rotatable bonds is 6. The molecule has 0 atom stereocenters. The molecule has 1 aliphatic rings. The van der Waals surface area contributed by atoms with E-state index < -0.39 is 0 Å². The smallest absolute Gasteiger partial charge is 0.255 e. The minimum Gasteiger partial charge on any atom is -0.497 e. The summed E-state index contributed by atoms with van der Waals surface area (Å²) in [4.78, 5) is 21.1. The molecule has 0 saturated heterocycles. The summed E-state index contributed by atoms with van der Waals surface area (Å²) in [5, 5.41) is 0. The van der Waals surface area contributed by atoms with Gasteiger partial charge >= 0.3 is 0 Å². The van der Waals surface area contributed by atoms with Crippen molar-refractivity contribution in [2.75, 3.05) is 26.1 Å². The van der Waals surface area contributed by atoms with Crippen LogP contribution in [0.5, 0.6) is 5.75 Å². The molecule has 0 N–H and O–H groups in total. The number of benzene rings is 1. The summed E-state index contributed by atoms with van der Waals surface area (Å²) in [6.07, 6.45) is 3.82. The second-order valence-corrected chi connectivity index (χ2v) is 6.31. The number of hydrogen-bond acceptors (Lipinski definition) is 4. The molecule has 126 valence electrons. The van der Waals surface area contributed by atoms with Crippen molar-refractivity contribution < 1.29 is 9.53 Å². The molecule has 2 aromatic rings. The summed E-state index contributed by atoms with van der Waals surface area (Å²) in [7, 11) is 5.52. The van der Waals surface area contributed by atoms with Gasteiger partial charge in [0.1, 0.15) is 11.6 Å². The maximum absolute atomic E-state index is 12.9. The van der Waals surface area contributed by atoms with Crippen LogP contribution >= 0.6 is 0 Å². The molecule has 5 heteroatoms. The van der Waals surface area contributed by atoms with Gasteiger partial charge in [0.15, 0.2) is 0 Å². The number of amides is 1. The highest BCUT2D eigenvalue weighted by molar-refractivity contribution is 5.94. The van der Waals surface area contributed by atoms with Crippen LogP contribution in [0.15, 0.2) is 42.6 Å². The number of pyridine rings is 1. The first-order chi connectivity index (χ1) is 11.6. The fourth-order valence-electron chi connectivity index (χ4n) is 2.62. The molecule has 24 heavy (non-hydrogen) atoms. The molecule has 1 aromatic heterocycles.